The van der Waals surface area contributed by atoms with Gasteiger partial charge in [-0.3, -0.25) is 4.79 Å². The Bertz CT molecular complexity index is 398. The molecule has 1 amide bonds. The SMILES string of the molecule is CCOC(C)CNC(=O)c1ccc(Br)cc1S. The number of benzene rings is 1. The Balaban J connectivity index is 2.58. The second kappa shape index (κ2) is 7.03. The van der Waals surface area contributed by atoms with Crippen molar-refractivity contribution in [2.45, 2.75) is 24.8 Å². The van der Waals surface area contributed by atoms with Crippen molar-refractivity contribution >= 4 is 34.5 Å². The first-order chi connectivity index (χ1) is 8.04. The summed E-state index contributed by atoms with van der Waals surface area (Å²) in [5.41, 5.74) is 0.570. The molecule has 0 saturated heterocycles. The Hall–Kier alpha value is -0.520. The Labute approximate surface area is 115 Å². The van der Waals surface area contributed by atoms with Crippen molar-refractivity contribution in [3.05, 3.63) is 28.2 Å². The van der Waals surface area contributed by atoms with E-state index in [1.807, 2.05) is 19.9 Å². The number of nitrogens with one attached hydrogen (secondary N) is 1. The number of amides is 1. The van der Waals surface area contributed by atoms with Gasteiger partial charge in [-0.1, -0.05) is 15.9 Å². The van der Waals surface area contributed by atoms with Crippen molar-refractivity contribution in [2.75, 3.05) is 13.2 Å². The third kappa shape index (κ3) is 4.69. The third-order valence-electron chi connectivity index (χ3n) is 2.21. The summed E-state index contributed by atoms with van der Waals surface area (Å²) >= 11 is 7.60. The van der Waals surface area contributed by atoms with Crippen LogP contribution in [0.3, 0.4) is 0 Å². The molecule has 0 saturated carbocycles. The molecule has 5 heteroatoms. The van der Waals surface area contributed by atoms with Gasteiger partial charge in [0.05, 0.1) is 11.7 Å². The minimum absolute atomic E-state index is 0.0164. The first-order valence-corrected chi connectivity index (χ1v) is 6.67. The van der Waals surface area contributed by atoms with Crippen molar-refractivity contribution in [3.8, 4) is 0 Å². The van der Waals surface area contributed by atoms with E-state index in [1.54, 1.807) is 12.1 Å². The van der Waals surface area contributed by atoms with Gasteiger partial charge in [-0.2, -0.15) is 0 Å². The monoisotopic (exact) mass is 317 g/mol. The Morgan fingerprint density at radius 2 is 2.29 bits per heavy atom. The molecule has 1 rings (SSSR count). The van der Waals surface area contributed by atoms with E-state index in [2.05, 4.69) is 33.9 Å². The molecule has 0 aliphatic heterocycles. The van der Waals surface area contributed by atoms with Crippen molar-refractivity contribution < 1.29 is 9.53 Å². The minimum Gasteiger partial charge on any atom is -0.377 e. The third-order valence-corrected chi connectivity index (χ3v) is 3.07. The zero-order valence-corrected chi connectivity index (χ0v) is 12.3. The van der Waals surface area contributed by atoms with Gasteiger partial charge in [0.2, 0.25) is 0 Å². The molecule has 0 aromatic heterocycles. The second-order valence-electron chi connectivity index (χ2n) is 3.64. The molecule has 0 aliphatic carbocycles. The summed E-state index contributed by atoms with van der Waals surface area (Å²) in [5.74, 6) is -0.131. The van der Waals surface area contributed by atoms with Crippen LogP contribution in [-0.2, 0) is 4.74 Å². The molecule has 0 bridgehead atoms. The lowest BCUT2D eigenvalue weighted by molar-refractivity contribution is 0.0694. The first-order valence-electron chi connectivity index (χ1n) is 5.43. The van der Waals surface area contributed by atoms with Crippen LogP contribution in [-0.4, -0.2) is 25.2 Å². The predicted octanol–water partition coefficient (Wildman–Crippen LogP) is 2.89. The van der Waals surface area contributed by atoms with E-state index in [0.717, 1.165) is 4.47 Å². The molecule has 0 aliphatic rings. The van der Waals surface area contributed by atoms with Gasteiger partial charge in [0.25, 0.3) is 5.91 Å². The fraction of sp³-hybridized carbons (Fsp3) is 0.417. The number of rotatable bonds is 5. The lowest BCUT2D eigenvalue weighted by Gasteiger charge is -2.13. The highest BCUT2D eigenvalue weighted by atomic mass is 79.9. The Kier molecular flexibility index (Phi) is 6.02. The van der Waals surface area contributed by atoms with Crippen LogP contribution in [0.1, 0.15) is 24.2 Å². The highest BCUT2D eigenvalue weighted by molar-refractivity contribution is 9.10. The van der Waals surface area contributed by atoms with Crippen molar-refractivity contribution in [3.63, 3.8) is 0 Å². The average molecular weight is 318 g/mol. The molecule has 17 heavy (non-hydrogen) atoms. The summed E-state index contributed by atoms with van der Waals surface area (Å²) in [5, 5.41) is 2.82. The maximum Gasteiger partial charge on any atom is 0.252 e. The number of carbonyl (C=O) groups is 1. The summed E-state index contributed by atoms with van der Waals surface area (Å²) in [4.78, 5) is 12.5. The molecule has 94 valence electrons. The fourth-order valence-electron chi connectivity index (χ4n) is 1.37. The van der Waals surface area contributed by atoms with Gasteiger partial charge in [0.1, 0.15) is 0 Å². The number of halogens is 1. The lowest BCUT2D eigenvalue weighted by atomic mass is 10.2. The van der Waals surface area contributed by atoms with Gasteiger partial charge >= 0.3 is 0 Å². The van der Waals surface area contributed by atoms with E-state index >= 15 is 0 Å². The van der Waals surface area contributed by atoms with Crippen LogP contribution in [0.4, 0.5) is 0 Å². The Morgan fingerprint density at radius 3 is 2.88 bits per heavy atom. The normalized spacial score (nSPS) is 12.2. The quantitative estimate of drug-likeness (QED) is 0.819. The molecule has 1 N–H and O–H groups in total. The molecule has 0 heterocycles. The number of carbonyl (C=O) groups excluding carboxylic acids is 1. The van der Waals surface area contributed by atoms with E-state index in [-0.39, 0.29) is 12.0 Å². The zero-order chi connectivity index (χ0) is 12.8. The smallest absolute Gasteiger partial charge is 0.252 e. The largest absolute Gasteiger partial charge is 0.377 e. The maximum absolute atomic E-state index is 11.9. The van der Waals surface area contributed by atoms with Gasteiger partial charge in [-0.05, 0) is 32.0 Å². The topological polar surface area (TPSA) is 38.3 Å². The molecule has 0 radical (unpaired) electrons. The van der Waals surface area contributed by atoms with Crippen LogP contribution in [0.5, 0.6) is 0 Å². The number of hydrogen-bond donors (Lipinski definition) is 2. The molecule has 0 fully saturated rings. The number of hydrogen-bond acceptors (Lipinski definition) is 3. The molecule has 1 aromatic carbocycles. The van der Waals surface area contributed by atoms with E-state index in [4.69, 9.17) is 4.74 Å². The highest BCUT2D eigenvalue weighted by Gasteiger charge is 2.10. The summed E-state index contributed by atoms with van der Waals surface area (Å²) in [6.07, 6.45) is 0.0164. The highest BCUT2D eigenvalue weighted by Crippen LogP contribution is 2.19. The second-order valence-corrected chi connectivity index (χ2v) is 5.03. The molecular formula is C12H16BrNO2S. The number of thiol groups is 1. The fourth-order valence-corrected chi connectivity index (χ4v) is 2.23. The summed E-state index contributed by atoms with van der Waals surface area (Å²) in [6.45, 7) is 4.99. The predicted molar refractivity (Wildman–Crippen MR) is 74.8 cm³/mol. The summed E-state index contributed by atoms with van der Waals surface area (Å²) in [6, 6.07) is 5.36. The van der Waals surface area contributed by atoms with Crippen LogP contribution in [0.15, 0.2) is 27.6 Å². The van der Waals surface area contributed by atoms with Gasteiger partial charge in [0, 0.05) is 22.5 Å². The van der Waals surface area contributed by atoms with Crippen molar-refractivity contribution in [2.24, 2.45) is 0 Å². The average Bonchev–Trinajstić information content (AvgIpc) is 2.26. The molecule has 1 unspecified atom stereocenters. The van der Waals surface area contributed by atoms with Crippen molar-refractivity contribution in [1.29, 1.82) is 0 Å². The van der Waals surface area contributed by atoms with E-state index < -0.39 is 0 Å². The molecule has 0 spiro atoms. The van der Waals surface area contributed by atoms with Gasteiger partial charge < -0.3 is 10.1 Å². The summed E-state index contributed by atoms with van der Waals surface area (Å²) < 4.78 is 6.24. The van der Waals surface area contributed by atoms with E-state index in [9.17, 15) is 4.79 Å². The number of ether oxygens (including phenoxy) is 1. The van der Waals surface area contributed by atoms with E-state index in [0.29, 0.717) is 23.6 Å². The molecule has 1 atom stereocenters. The molecule has 3 nitrogen and oxygen atoms in total. The maximum atomic E-state index is 11.9. The van der Waals surface area contributed by atoms with E-state index in [1.165, 1.54) is 0 Å². The van der Waals surface area contributed by atoms with Gasteiger partial charge in [0.15, 0.2) is 0 Å². The van der Waals surface area contributed by atoms with Crippen molar-refractivity contribution in [1.82, 2.24) is 5.32 Å². The van der Waals surface area contributed by atoms with Crippen LogP contribution in [0, 0.1) is 0 Å². The van der Waals surface area contributed by atoms with Crippen LogP contribution in [0.2, 0.25) is 0 Å². The molecule has 1 aromatic rings. The van der Waals surface area contributed by atoms with Crippen LogP contribution >= 0.6 is 28.6 Å². The van der Waals surface area contributed by atoms with Gasteiger partial charge in [-0.25, -0.2) is 0 Å². The van der Waals surface area contributed by atoms with Gasteiger partial charge in [-0.15, -0.1) is 12.6 Å². The minimum atomic E-state index is -0.131. The first kappa shape index (κ1) is 14.5. The zero-order valence-electron chi connectivity index (χ0n) is 9.87. The standard InChI is InChI=1S/C12H16BrNO2S/c1-3-16-8(2)7-14-12(15)10-5-4-9(13)6-11(10)17/h4-6,8,17H,3,7H2,1-2H3,(H,14,15). The lowest BCUT2D eigenvalue weighted by Crippen LogP contribution is -2.32. The van der Waals surface area contributed by atoms with Crippen LogP contribution < -0.4 is 5.32 Å². The summed E-state index contributed by atoms with van der Waals surface area (Å²) in [7, 11) is 0. The van der Waals surface area contributed by atoms with Crippen LogP contribution in [0.25, 0.3) is 0 Å². The Morgan fingerprint density at radius 1 is 1.59 bits per heavy atom. The molecular weight excluding hydrogens is 302 g/mol.